The molecule has 0 spiro atoms. The summed E-state index contributed by atoms with van der Waals surface area (Å²) in [5, 5.41) is 87.1. The molecule has 2 fully saturated rings. The van der Waals surface area contributed by atoms with E-state index >= 15 is 0 Å². The Morgan fingerprint density at radius 1 is 0.742 bits per heavy atom. The fourth-order valence-corrected chi connectivity index (χ4v) is 3.07. The van der Waals surface area contributed by atoms with Crippen molar-refractivity contribution in [3.05, 3.63) is 0 Å². The van der Waals surface area contributed by atoms with Crippen LogP contribution in [-0.4, -0.2) is 145 Å². The van der Waals surface area contributed by atoms with Crippen LogP contribution < -0.4 is 0 Å². The zero-order valence-electron chi connectivity index (χ0n) is 15.9. The number of aliphatic hydroxyl groups is 9. The number of Topliss-reactive ketones (excluding diaryl/α,β-unsaturated/α-hetero) is 1. The minimum Gasteiger partial charge on any atom is -0.394 e. The number of aldehydes is 1. The van der Waals surface area contributed by atoms with Gasteiger partial charge in [-0.2, -0.15) is 0 Å². The molecular weight excluding hydrogens is 432 g/mol. The van der Waals surface area contributed by atoms with E-state index in [0.29, 0.717) is 0 Å². The van der Waals surface area contributed by atoms with E-state index < -0.39 is 92.8 Å². The van der Waals surface area contributed by atoms with Crippen molar-refractivity contribution < 1.29 is 74.5 Å². The number of hydrogen-bond acceptors (Lipinski definition) is 15. The van der Waals surface area contributed by atoms with Crippen LogP contribution in [0, 0.1) is 0 Å². The highest BCUT2D eigenvalue weighted by atomic mass is 16.8. The second-order valence-electron chi connectivity index (χ2n) is 7.00. The van der Waals surface area contributed by atoms with Gasteiger partial charge in [-0.25, -0.2) is 0 Å². The Labute approximate surface area is 174 Å². The van der Waals surface area contributed by atoms with Gasteiger partial charge < -0.3 is 64.9 Å². The number of ether oxygens (including phenoxy) is 4. The van der Waals surface area contributed by atoms with Crippen molar-refractivity contribution in [3.8, 4) is 0 Å². The summed E-state index contributed by atoms with van der Waals surface area (Å²) in [5.74, 6) is -4.63. The monoisotopic (exact) mass is 458 g/mol. The highest BCUT2D eigenvalue weighted by Crippen LogP contribution is 2.30. The van der Waals surface area contributed by atoms with Crippen LogP contribution in [0.3, 0.4) is 0 Å². The van der Waals surface area contributed by atoms with Crippen LogP contribution in [0.25, 0.3) is 0 Å². The number of aliphatic hydroxyl groups excluding tert-OH is 9. The molecule has 0 bridgehead atoms. The van der Waals surface area contributed by atoms with E-state index in [4.69, 9.17) is 18.9 Å². The third-order valence-electron chi connectivity index (χ3n) is 4.97. The summed E-state index contributed by atoms with van der Waals surface area (Å²) in [4.78, 5) is 24.1. The molecule has 15 heteroatoms. The van der Waals surface area contributed by atoms with Gasteiger partial charge in [0.05, 0.1) is 13.2 Å². The van der Waals surface area contributed by atoms with Crippen molar-refractivity contribution in [2.24, 2.45) is 0 Å². The fourth-order valence-electron chi connectivity index (χ4n) is 3.07. The van der Waals surface area contributed by atoms with Crippen molar-refractivity contribution >= 4 is 12.1 Å². The quantitative estimate of drug-likeness (QED) is 0.0884. The first kappa shape index (κ1) is 26.1. The Balaban J connectivity index is 2.32. The van der Waals surface area contributed by atoms with Crippen LogP contribution >= 0.6 is 0 Å². The van der Waals surface area contributed by atoms with Crippen LogP contribution in [0.1, 0.15) is 0 Å². The van der Waals surface area contributed by atoms with E-state index in [9.17, 15) is 55.5 Å². The van der Waals surface area contributed by atoms with Gasteiger partial charge in [0.25, 0.3) is 5.79 Å². The molecule has 2 aliphatic rings. The maximum atomic E-state index is 12.3. The van der Waals surface area contributed by atoms with Crippen molar-refractivity contribution in [2.75, 3.05) is 19.8 Å². The van der Waals surface area contributed by atoms with E-state index in [1.54, 1.807) is 0 Å². The molecular formula is C16H26O15. The highest BCUT2D eigenvalue weighted by molar-refractivity contribution is 6.00. The van der Waals surface area contributed by atoms with Crippen molar-refractivity contribution in [2.45, 2.75) is 67.2 Å². The smallest absolute Gasteiger partial charge is 0.294 e. The summed E-state index contributed by atoms with van der Waals surface area (Å²) in [7, 11) is 0. The van der Waals surface area contributed by atoms with Gasteiger partial charge in [-0.1, -0.05) is 0 Å². The van der Waals surface area contributed by atoms with E-state index in [1.807, 2.05) is 0 Å². The van der Waals surface area contributed by atoms with Crippen LogP contribution in [0.2, 0.25) is 0 Å². The Morgan fingerprint density at radius 3 is 1.42 bits per heavy atom. The van der Waals surface area contributed by atoms with Gasteiger partial charge in [0.2, 0.25) is 5.78 Å². The van der Waals surface area contributed by atoms with Gasteiger partial charge >= 0.3 is 0 Å². The normalized spacial score (nSPS) is 43.3. The second-order valence-corrected chi connectivity index (χ2v) is 7.00. The van der Waals surface area contributed by atoms with Gasteiger partial charge in [-0.15, -0.1) is 0 Å². The molecule has 9 N–H and O–H groups in total. The van der Waals surface area contributed by atoms with E-state index in [-0.39, 0.29) is 6.29 Å². The Bertz CT molecular complexity index is 574. The molecule has 31 heavy (non-hydrogen) atoms. The van der Waals surface area contributed by atoms with Crippen LogP contribution in [0.5, 0.6) is 0 Å². The van der Waals surface area contributed by atoms with Crippen molar-refractivity contribution in [3.63, 3.8) is 0 Å². The molecule has 180 valence electrons. The van der Waals surface area contributed by atoms with E-state index in [1.165, 1.54) is 0 Å². The number of ketones is 1. The minimum atomic E-state index is -3.14. The molecule has 2 unspecified atom stereocenters. The highest BCUT2D eigenvalue weighted by Gasteiger charge is 2.54. The van der Waals surface area contributed by atoms with Gasteiger partial charge in [-0.3, -0.25) is 9.59 Å². The standard InChI is InChI=1S/C16H26O15/c17-1-5-8(22)10(24)12(26)14(28-5)30-16(4-20,7(21)3-19)31-15-13(27)11(25)9(23)6(2-18)29-15/h4-6,8-15,17-19,22-27H,1-3H2/t5-,6-,8-,9-,10+,11+,12-,13-,14?,15?,16?/m1/s1. The van der Waals surface area contributed by atoms with Gasteiger partial charge in [0, 0.05) is 0 Å². The zero-order chi connectivity index (χ0) is 23.5. The molecule has 2 rings (SSSR count). The number of carbonyl (C=O) groups is 2. The predicted octanol–water partition coefficient (Wildman–Crippen LogP) is -6.92. The van der Waals surface area contributed by atoms with Crippen LogP contribution in [-0.2, 0) is 28.5 Å². The summed E-state index contributed by atoms with van der Waals surface area (Å²) >= 11 is 0. The summed E-state index contributed by atoms with van der Waals surface area (Å²) in [6, 6.07) is 0. The molecule has 0 aliphatic carbocycles. The Kier molecular flexibility index (Phi) is 8.94. The second kappa shape index (κ2) is 10.6. The SMILES string of the molecule is O=CC(OC1O[C@H](CO)[C@@H](O)[C@H](O)[C@H]1O)(OC1O[C@H](CO)[C@@H](O)[C@H](O)[C@H]1O)C(=O)CO. The molecule has 0 amide bonds. The van der Waals surface area contributed by atoms with Crippen molar-refractivity contribution in [1.29, 1.82) is 0 Å². The molecule has 0 saturated carbocycles. The van der Waals surface area contributed by atoms with E-state index in [0.717, 1.165) is 0 Å². The lowest BCUT2D eigenvalue weighted by Crippen LogP contribution is -2.65. The summed E-state index contributed by atoms with van der Waals surface area (Å²) < 4.78 is 20.2. The van der Waals surface area contributed by atoms with Gasteiger partial charge in [-0.05, 0) is 0 Å². The first-order valence-corrected chi connectivity index (χ1v) is 9.14. The number of hydrogen-bond donors (Lipinski definition) is 9. The Morgan fingerprint density at radius 2 is 1.13 bits per heavy atom. The molecule has 10 atom stereocenters. The molecule has 0 aromatic heterocycles. The number of carbonyl (C=O) groups excluding carboxylic acids is 2. The average Bonchev–Trinajstić information content (AvgIpc) is 2.78. The topological polar surface area (TPSA) is 253 Å². The lowest BCUT2D eigenvalue weighted by molar-refractivity contribution is -0.388. The minimum absolute atomic E-state index is 0.297. The number of rotatable bonds is 9. The third-order valence-corrected chi connectivity index (χ3v) is 4.97. The molecule has 0 radical (unpaired) electrons. The Hall–Kier alpha value is -1.18. The van der Waals surface area contributed by atoms with Gasteiger partial charge in [0.1, 0.15) is 55.4 Å². The maximum absolute atomic E-state index is 12.3. The first-order chi connectivity index (χ1) is 14.6. The summed E-state index contributed by atoms with van der Waals surface area (Å²) in [6.07, 6.45) is -19.0. The third kappa shape index (κ3) is 5.09. The molecule has 0 aromatic rings. The van der Waals surface area contributed by atoms with E-state index in [2.05, 4.69) is 0 Å². The van der Waals surface area contributed by atoms with Gasteiger partial charge in [0.15, 0.2) is 18.9 Å². The lowest BCUT2D eigenvalue weighted by Gasteiger charge is -2.44. The largest absolute Gasteiger partial charge is 0.394 e. The van der Waals surface area contributed by atoms with Crippen molar-refractivity contribution in [1.82, 2.24) is 0 Å². The zero-order valence-corrected chi connectivity index (χ0v) is 15.9. The molecule has 2 saturated heterocycles. The molecule has 2 aliphatic heterocycles. The van der Waals surface area contributed by atoms with Crippen LogP contribution in [0.15, 0.2) is 0 Å². The average molecular weight is 458 g/mol. The maximum Gasteiger partial charge on any atom is 0.294 e. The summed E-state index contributed by atoms with van der Waals surface area (Å²) in [6.45, 7) is -3.09. The predicted molar refractivity (Wildman–Crippen MR) is 90.6 cm³/mol. The lowest BCUT2D eigenvalue weighted by atomic mass is 9.98. The molecule has 2 heterocycles. The fraction of sp³-hybridized carbons (Fsp3) is 0.875. The summed E-state index contributed by atoms with van der Waals surface area (Å²) in [5.41, 5.74) is 0. The first-order valence-electron chi connectivity index (χ1n) is 9.14. The van der Waals surface area contributed by atoms with Crippen LogP contribution in [0.4, 0.5) is 0 Å². The molecule has 15 nitrogen and oxygen atoms in total. The molecule has 0 aromatic carbocycles.